The topological polar surface area (TPSA) is 9.23 Å². The van der Waals surface area contributed by atoms with Crippen molar-refractivity contribution in [3.05, 3.63) is 30.3 Å². The standard InChI is InChI=1S/C13H18O/c1-13(2)8-11(9-13)10-14-12-6-4-3-5-7-12/h3-7,11H,8-10H2,1-2H3. The second-order valence-electron chi connectivity index (χ2n) is 5.06. The van der Waals surface area contributed by atoms with Gasteiger partial charge in [0.15, 0.2) is 0 Å². The third kappa shape index (κ3) is 2.28. The first-order valence-electron chi connectivity index (χ1n) is 5.34. The fourth-order valence-corrected chi connectivity index (χ4v) is 2.35. The SMILES string of the molecule is CC1(C)CC(COc2ccccc2)C1. The van der Waals surface area contributed by atoms with Gasteiger partial charge < -0.3 is 4.74 Å². The molecule has 1 aliphatic rings. The Bertz CT molecular complexity index is 281. The number of hydrogen-bond acceptors (Lipinski definition) is 1. The van der Waals surface area contributed by atoms with Gasteiger partial charge in [0, 0.05) is 0 Å². The zero-order valence-corrected chi connectivity index (χ0v) is 8.99. The van der Waals surface area contributed by atoms with Crippen molar-refractivity contribution in [2.45, 2.75) is 26.7 Å². The van der Waals surface area contributed by atoms with Crippen molar-refractivity contribution in [1.82, 2.24) is 0 Å². The molecule has 0 atom stereocenters. The van der Waals surface area contributed by atoms with E-state index in [1.54, 1.807) is 0 Å². The second-order valence-corrected chi connectivity index (χ2v) is 5.06. The maximum atomic E-state index is 5.70. The second kappa shape index (κ2) is 3.64. The highest BCUT2D eigenvalue weighted by Gasteiger charge is 2.36. The van der Waals surface area contributed by atoms with Gasteiger partial charge in [-0.3, -0.25) is 0 Å². The summed E-state index contributed by atoms with van der Waals surface area (Å²) in [5.41, 5.74) is 0.560. The Kier molecular flexibility index (Phi) is 2.49. The maximum absolute atomic E-state index is 5.70. The zero-order chi connectivity index (χ0) is 10.0. The predicted molar refractivity (Wildman–Crippen MR) is 58.4 cm³/mol. The minimum atomic E-state index is 0.560. The first kappa shape index (κ1) is 9.57. The Balaban J connectivity index is 1.75. The number of hydrogen-bond donors (Lipinski definition) is 0. The Morgan fingerprint density at radius 2 is 1.86 bits per heavy atom. The van der Waals surface area contributed by atoms with Crippen molar-refractivity contribution in [2.24, 2.45) is 11.3 Å². The molecule has 0 radical (unpaired) electrons. The third-order valence-electron chi connectivity index (χ3n) is 2.91. The normalized spacial score (nSPS) is 20.1. The van der Waals surface area contributed by atoms with E-state index >= 15 is 0 Å². The maximum Gasteiger partial charge on any atom is 0.119 e. The van der Waals surface area contributed by atoms with E-state index in [9.17, 15) is 0 Å². The third-order valence-corrected chi connectivity index (χ3v) is 2.91. The van der Waals surface area contributed by atoms with Gasteiger partial charge in [0.1, 0.15) is 5.75 Å². The average Bonchev–Trinajstić information content (AvgIpc) is 2.13. The number of ether oxygens (including phenoxy) is 1. The van der Waals surface area contributed by atoms with E-state index in [1.165, 1.54) is 12.8 Å². The summed E-state index contributed by atoms with van der Waals surface area (Å²) in [6.07, 6.45) is 2.61. The predicted octanol–water partition coefficient (Wildman–Crippen LogP) is 3.50. The van der Waals surface area contributed by atoms with Gasteiger partial charge in [0.25, 0.3) is 0 Å². The molecule has 14 heavy (non-hydrogen) atoms. The molecule has 0 aliphatic heterocycles. The Morgan fingerprint density at radius 1 is 1.21 bits per heavy atom. The van der Waals surface area contributed by atoms with E-state index in [-0.39, 0.29) is 0 Å². The lowest BCUT2D eigenvalue weighted by molar-refractivity contribution is 0.0552. The first-order valence-corrected chi connectivity index (χ1v) is 5.34. The summed E-state index contributed by atoms with van der Waals surface area (Å²) in [4.78, 5) is 0. The average molecular weight is 190 g/mol. The lowest BCUT2D eigenvalue weighted by Gasteiger charge is -2.42. The fourth-order valence-electron chi connectivity index (χ4n) is 2.35. The van der Waals surface area contributed by atoms with E-state index in [0.29, 0.717) is 5.41 Å². The van der Waals surface area contributed by atoms with Crippen molar-refractivity contribution in [2.75, 3.05) is 6.61 Å². The molecule has 1 aromatic carbocycles. The lowest BCUT2D eigenvalue weighted by Crippen LogP contribution is -2.35. The fraction of sp³-hybridized carbons (Fsp3) is 0.538. The molecule has 0 spiro atoms. The summed E-state index contributed by atoms with van der Waals surface area (Å²) < 4.78 is 5.70. The lowest BCUT2D eigenvalue weighted by atomic mass is 9.65. The van der Waals surface area contributed by atoms with Crippen LogP contribution in [0, 0.1) is 11.3 Å². The Morgan fingerprint density at radius 3 is 2.43 bits per heavy atom. The molecule has 2 rings (SSSR count). The van der Waals surface area contributed by atoms with Crippen molar-refractivity contribution in [3.8, 4) is 5.75 Å². The number of rotatable bonds is 3. The summed E-state index contributed by atoms with van der Waals surface area (Å²) in [5, 5.41) is 0. The molecule has 1 aliphatic carbocycles. The summed E-state index contributed by atoms with van der Waals surface area (Å²) in [6, 6.07) is 10.1. The highest BCUT2D eigenvalue weighted by molar-refractivity contribution is 5.20. The molecule has 0 bridgehead atoms. The van der Waals surface area contributed by atoms with Crippen molar-refractivity contribution in [3.63, 3.8) is 0 Å². The van der Waals surface area contributed by atoms with E-state index in [4.69, 9.17) is 4.74 Å². The summed E-state index contributed by atoms with van der Waals surface area (Å²) in [5.74, 6) is 1.77. The molecule has 1 aromatic rings. The highest BCUT2D eigenvalue weighted by Crippen LogP contribution is 2.44. The van der Waals surface area contributed by atoms with E-state index in [1.807, 2.05) is 30.3 Å². The van der Waals surface area contributed by atoms with Gasteiger partial charge in [-0.2, -0.15) is 0 Å². The molecule has 0 aromatic heterocycles. The molecule has 1 heteroatoms. The number of para-hydroxylation sites is 1. The van der Waals surface area contributed by atoms with Gasteiger partial charge in [-0.05, 0) is 36.3 Å². The van der Waals surface area contributed by atoms with Crippen LogP contribution in [0.15, 0.2) is 30.3 Å². The van der Waals surface area contributed by atoms with Crippen LogP contribution < -0.4 is 4.74 Å². The molecular formula is C13H18O. The quantitative estimate of drug-likeness (QED) is 0.708. The van der Waals surface area contributed by atoms with Crippen LogP contribution in [0.1, 0.15) is 26.7 Å². The Hall–Kier alpha value is -0.980. The van der Waals surface area contributed by atoms with Crippen LogP contribution in [-0.4, -0.2) is 6.61 Å². The van der Waals surface area contributed by atoms with E-state index in [2.05, 4.69) is 13.8 Å². The Labute approximate surface area is 86.1 Å². The molecule has 0 unspecified atom stereocenters. The van der Waals surface area contributed by atoms with Crippen molar-refractivity contribution < 1.29 is 4.74 Å². The van der Waals surface area contributed by atoms with Crippen LogP contribution in [-0.2, 0) is 0 Å². The summed E-state index contributed by atoms with van der Waals surface area (Å²) in [7, 11) is 0. The van der Waals surface area contributed by atoms with Crippen LogP contribution in [0.25, 0.3) is 0 Å². The van der Waals surface area contributed by atoms with Crippen molar-refractivity contribution in [1.29, 1.82) is 0 Å². The molecule has 1 saturated carbocycles. The molecule has 1 nitrogen and oxygen atoms in total. The molecule has 0 amide bonds. The molecule has 0 saturated heterocycles. The molecule has 1 fully saturated rings. The van der Waals surface area contributed by atoms with Gasteiger partial charge in [-0.15, -0.1) is 0 Å². The molecule has 0 heterocycles. The smallest absolute Gasteiger partial charge is 0.119 e. The largest absolute Gasteiger partial charge is 0.493 e. The summed E-state index contributed by atoms with van der Waals surface area (Å²) in [6.45, 7) is 5.53. The van der Waals surface area contributed by atoms with Crippen molar-refractivity contribution >= 4 is 0 Å². The number of benzene rings is 1. The minimum absolute atomic E-state index is 0.560. The van der Waals surface area contributed by atoms with Gasteiger partial charge in [0.2, 0.25) is 0 Å². The first-order chi connectivity index (χ1) is 6.66. The monoisotopic (exact) mass is 190 g/mol. The van der Waals surface area contributed by atoms with Gasteiger partial charge in [0.05, 0.1) is 6.61 Å². The molecular weight excluding hydrogens is 172 g/mol. The van der Waals surface area contributed by atoms with Gasteiger partial charge in [-0.25, -0.2) is 0 Å². The van der Waals surface area contributed by atoms with Crippen LogP contribution in [0.4, 0.5) is 0 Å². The van der Waals surface area contributed by atoms with Gasteiger partial charge >= 0.3 is 0 Å². The van der Waals surface area contributed by atoms with Crippen LogP contribution in [0.2, 0.25) is 0 Å². The molecule has 76 valence electrons. The van der Waals surface area contributed by atoms with E-state index < -0.39 is 0 Å². The summed E-state index contributed by atoms with van der Waals surface area (Å²) >= 11 is 0. The van der Waals surface area contributed by atoms with Crippen LogP contribution >= 0.6 is 0 Å². The van der Waals surface area contributed by atoms with Crippen LogP contribution in [0.3, 0.4) is 0 Å². The molecule has 0 N–H and O–H groups in total. The zero-order valence-electron chi connectivity index (χ0n) is 8.99. The van der Waals surface area contributed by atoms with Crippen LogP contribution in [0.5, 0.6) is 5.75 Å². The van der Waals surface area contributed by atoms with Gasteiger partial charge in [-0.1, -0.05) is 32.0 Å². The highest BCUT2D eigenvalue weighted by atomic mass is 16.5. The minimum Gasteiger partial charge on any atom is -0.493 e. The van der Waals surface area contributed by atoms with E-state index in [0.717, 1.165) is 18.3 Å².